The molecule has 0 aliphatic carbocycles. The van der Waals surface area contributed by atoms with Gasteiger partial charge in [0.25, 0.3) is 0 Å². The fourth-order valence-electron chi connectivity index (χ4n) is 3.10. The molecule has 0 radical (unpaired) electrons. The number of unbranched alkanes of at least 4 members (excludes halogenated alkanes) is 10. The van der Waals surface area contributed by atoms with Gasteiger partial charge in [0.1, 0.15) is 19.3 Å². The average Bonchev–Trinajstić information content (AvgIpc) is 2.64. The van der Waals surface area contributed by atoms with Gasteiger partial charge in [0.05, 0.1) is 34.7 Å². The summed E-state index contributed by atoms with van der Waals surface area (Å²) in [5.41, 5.74) is 0. The third-order valence-electron chi connectivity index (χ3n) is 4.98. The molecular weight excluding hydrogens is 370 g/mol. The molecule has 0 saturated heterocycles. The van der Waals surface area contributed by atoms with E-state index in [-0.39, 0.29) is 12.4 Å². The average molecular weight is 417 g/mol. The standard InChI is InChI=1S/C23H46NO5/c1-6-7-8-9-10-11-12-13-14-15-16-17-21(29-23(26)27-5)20-22(25)28-19-18-24(2,3)4/h21H,6-20H2,1-5H3/q+1/t21-/m0/s1. The number of esters is 1. The van der Waals surface area contributed by atoms with E-state index in [1.54, 1.807) is 0 Å². The van der Waals surface area contributed by atoms with Crippen molar-refractivity contribution in [2.45, 2.75) is 96.5 Å². The van der Waals surface area contributed by atoms with E-state index in [2.05, 4.69) is 11.7 Å². The predicted octanol–water partition coefficient (Wildman–Crippen LogP) is 5.48. The number of quaternary nitrogens is 1. The van der Waals surface area contributed by atoms with Crippen LogP contribution in [-0.4, -0.2) is 64.1 Å². The summed E-state index contributed by atoms with van der Waals surface area (Å²) in [5, 5.41) is 0. The van der Waals surface area contributed by atoms with Gasteiger partial charge in [-0.25, -0.2) is 4.79 Å². The van der Waals surface area contributed by atoms with Crippen LogP contribution in [0.15, 0.2) is 0 Å². The number of ether oxygens (including phenoxy) is 3. The molecule has 6 nitrogen and oxygen atoms in total. The Kier molecular flexibility index (Phi) is 16.8. The van der Waals surface area contributed by atoms with Gasteiger partial charge >= 0.3 is 12.1 Å². The summed E-state index contributed by atoms with van der Waals surface area (Å²) in [5.74, 6) is -0.324. The lowest BCUT2D eigenvalue weighted by molar-refractivity contribution is -0.870. The van der Waals surface area contributed by atoms with E-state index in [0.29, 0.717) is 13.0 Å². The van der Waals surface area contributed by atoms with Gasteiger partial charge in [-0.05, 0) is 12.8 Å². The minimum absolute atomic E-state index is 0.0873. The Morgan fingerprint density at radius 2 is 1.34 bits per heavy atom. The molecule has 1 atom stereocenters. The van der Waals surface area contributed by atoms with Crippen LogP contribution in [0.3, 0.4) is 0 Å². The van der Waals surface area contributed by atoms with Crippen molar-refractivity contribution in [3.8, 4) is 0 Å². The number of nitrogens with zero attached hydrogens (tertiary/aromatic N) is 1. The van der Waals surface area contributed by atoms with E-state index < -0.39 is 12.3 Å². The number of carbonyl (C=O) groups is 2. The monoisotopic (exact) mass is 416 g/mol. The summed E-state index contributed by atoms with van der Waals surface area (Å²) in [6.45, 7) is 3.36. The van der Waals surface area contributed by atoms with Crippen LogP contribution in [0.4, 0.5) is 4.79 Å². The Bertz CT molecular complexity index is 420. The van der Waals surface area contributed by atoms with Crippen molar-refractivity contribution < 1.29 is 28.3 Å². The highest BCUT2D eigenvalue weighted by atomic mass is 16.7. The fourth-order valence-corrected chi connectivity index (χ4v) is 3.10. The van der Waals surface area contributed by atoms with Gasteiger partial charge in [-0.1, -0.05) is 71.1 Å². The summed E-state index contributed by atoms with van der Waals surface area (Å²) >= 11 is 0. The Labute approximate surface area is 178 Å². The molecule has 0 bridgehead atoms. The lowest BCUT2D eigenvalue weighted by Gasteiger charge is -2.23. The van der Waals surface area contributed by atoms with Crippen molar-refractivity contribution in [2.75, 3.05) is 41.4 Å². The van der Waals surface area contributed by atoms with Gasteiger partial charge in [-0.3, -0.25) is 4.79 Å². The number of hydrogen-bond donors (Lipinski definition) is 0. The van der Waals surface area contributed by atoms with Crippen LogP contribution >= 0.6 is 0 Å². The highest BCUT2D eigenvalue weighted by Gasteiger charge is 2.20. The summed E-state index contributed by atoms with van der Waals surface area (Å²) in [6, 6.07) is 0. The summed E-state index contributed by atoms with van der Waals surface area (Å²) < 4.78 is 15.8. The van der Waals surface area contributed by atoms with Gasteiger partial charge in [-0.15, -0.1) is 0 Å². The molecule has 0 aromatic rings. The summed E-state index contributed by atoms with van der Waals surface area (Å²) in [7, 11) is 7.41. The number of methoxy groups -OCH3 is 1. The zero-order chi connectivity index (χ0) is 22.0. The Morgan fingerprint density at radius 3 is 1.83 bits per heavy atom. The number of carbonyl (C=O) groups excluding carboxylic acids is 2. The molecule has 6 heteroatoms. The maximum Gasteiger partial charge on any atom is 0.508 e. The first kappa shape index (κ1) is 27.7. The Morgan fingerprint density at radius 1 is 0.828 bits per heavy atom. The SMILES string of the molecule is CCCCCCCCCCCCC[C@@H](CC(=O)OCC[N+](C)(C)C)OC(=O)OC. The fraction of sp³-hybridized carbons (Fsp3) is 0.913. The minimum Gasteiger partial charge on any atom is -0.460 e. The highest BCUT2D eigenvalue weighted by molar-refractivity contribution is 5.70. The molecule has 0 rings (SSSR count). The summed E-state index contributed by atoms with van der Waals surface area (Å²) in [6.07, 6.45) is 13.4. The molecule has 0 aliphatic rings. The van der Waals surface area contributed by atoms with Crippen molar-refractivity contribution in [2.24, 2.45) is 0 Å². The van der Waals surface area contributed by atoms with Crippen molar-refractivity contribution in [3.05, 3.63) is 0 Å². The van der Waals surface area contributed by atoms with E-state index in [4.69, 9.17) is 9.47 Å². The molecule has 0 saturated carbocycles. The molecule has 172 valence electrons. The van der Waals surface area contributed by atoms with E-state index in [9.17, 15) is 9.59 Å². The van der Waals surface area contributed by atoms with Crippen molar-refractivity contribution in [3.63, 3.8) is 0 Å². The van der Waals surface area contributed by atoms with Crippen molar-refractivity contribution in [1.82, 2.24) is 0 Å². The van der Waals surface area contributed by atoms with Crippen LogP contribution in [0, 0.1) is 0 Å². The van der Waals surface area contributed by atoms with Gasteiger partial charge < -0.3 is 18.7 Å². The Balaban J connectivity index is 3.94. The first-order valence-electron chi connectivity index (χ1n) is 11.5. The lowest BCUT2D eigenvalue weighted by Crippen LogP contribution is -2.38. The number of hydrogen-bond acceptors (Lipinski definition) is 5. The zero-order valence-electron chi connectivity index (χ0n) is 19.7. The third-order valence-corrected chi connectivity index (χ3v) is 4.98. The van der Waals surface area contributed by atoms with Crippen molar-refractivity contribution in [1.29, 1.82) is 0 Å². The number of rotatable bonds is 18. The van der Waals surface area contributed by atoms with Crippen LogP contribution in [0.2, 0.25) is 0 Å². The largest absolute Gasteiger partial charge is 0.508 e. The number of likely N-dealkylation sites (N-methyl/N-ethyl adjacent to an activating group) is 1. The van der Waals surface area contributed by atoms with Crippen LogP contribution in [0.1, 0.15) is 90.4 Å². The molecule has 0 amide bonds. The second-order valence-corrected chi connectivity index (χ2v) is 8.96. The van der Waals surface area contributed by atoms with Gasteiger partial charge in [-0.2, -0.15) is 0 Å². The summed E-state index contributed by atoms with van der Waals surface area (Å²) in [4.78, 5) is 23.5. The molecular formula is C23H46NO5+. The zero-order valence-corrected chi connectivity index (χ0v) is 19.7. The highest BCUT2D eigenvalue weighted by Crippen LogP contribution is 2.15. The quantitative estimate of drug-likeness (QED) is 0.168. The molecule has 0 fully saturated rings. The predicted molar refractivity (Wildman–Crippen MR) is 117 cm³/mol. The third kappa shape index (κ3) is 19.8. The second kappa shape index (κ2) is 17.5. The van der Waals surface area contributed by atoms with Crippen molar-refractivity contribution >= 4 is 12.1 Å². The molecule has 0 aromatic carbocycles. The molecule has 0 aromatic heterocycles. The normalized spacial score (nSPS) is 12.4. The minimum atomic E-state index is -0.739. The molecule has 0 N–H and O–H groups in total. The first-order chi connectivity index (χ1) is 13.8. The van der Waals surface area contributed by atoms with Crippen LogP contribution in [-0.2, 0) is 19.0 Å². The molecule has 29 heavy (non-hydrogen) atoms. The first-order valence-corrected chi connectivity index (χ1v) is 11.5. The maximum atomic E-state index is 12.0. The van der Waals surface area contributed by atoms with Gasteiger partial charge in [0.15, 0.2) is 0 Å². The van der Waals surface area contributed by atoms with Crippen LogP contribution in [0.25, 0.3) is 0 Å². The maximum absolute atomic E-state index is 12.0. The van der Waals surface area contributed by atoms with Gasteiger partial charge in [0, 0.05) is 0 Å². The van der Waals surface area contributed by atoms with Crippen LogP contribution < -0.4 is 0 Å². The topological polar surface area (TPSA) is 61.8 Å². The smallest absolute Gasteiger partial charge is 0.460 e. The molecule has 0 aliphatic heterocycles. The lowest BCUT2D eigenvalue weighted by atomic mass is 10.0. The van der Waals surface area contributed by atoms with Gasteiger partial charge in [0.2, 0.25) is 0 Å². The van der Waals surface area contributed by atoms with E-state index in [1.165, 1.54) is 64.9 Å². The Hall–Kier alpha value is -1.30. The van der Waals surface area contributed by atoms with E-state index in [0.717, 1.165) is 23.9 Å². The van der Waals surface area contributed by atoms with Crippen LogP contribution in [0.5, 0.6) is 0 Å². The molecule has 0 heterocycles. The van der Waals surface area contributed by atoms with E-state index in [1.807, 2.05) is 21.1 Å². The molecule has 0 spiro atoms. The molecule has 0 unspecified atom stereocenters. The van der Waals surface area contributed by atoms with E-state index >= 15 is 0 Å². The second-order valence-electron chi connectivity index (χ2n) is 8.96.